The van der Waals surface area contributed by atoms with Gasteiger partial charge in [-0.2, -0.15) is 4.68 Å². The highest BCUT2D eigenvalue weighted by Gasteiger charge is 2.18. The highest BCUT2D eigenvalue weighted by atomic mass is 35.5. The topological polar surface area (TPSA) is 102 Å². The zero-order chi connectivity index (χ0) is 22.8. The predicted molar refractivity (Wildman–Crippen MR) is 120 cm³/mol. The number of hydrogen-bond donors (Lipinski definition) is 2. The van der Waals surface area contributed by atoms with Crippen LogP contribution in [0, 0.1) is 19.7 Å². The lowest BCUT2D eigenvalue weighted by Crippen LogP contribution is -2.12. The number of rotatable bonds is 5. The Labute approximate surface area is 191 Å². The summed E-state index contributed by atoms with van der Waals surface area (Å²) in [6.07, 6.45) is 0. The largest absolute Gasteiger partial charge is 0.321 e. The molecular weight excluding hydrogens is 455 g/mol. The van der Waals surface area contributed by atoms with Crippen LogP contribution in [0.2, 0.25) is 5.02 Å². The van der Waals surface area contributed by atoms with Crippen molar-refractivity contribution < 1.29 is 14.0 Å². The normalized spacial score (nSPS) is 10.8. The minimum Gasteiger partial charge on any atom is -0.321 e. The number of amides is 2. The molecule has 32 heavy (non-hydrogen) atoms. The van der Waals surface area contributed by atoms with Gasteiger partial charge in [0, 0.05) is 5.69 Å². The van der Waals surface area contributed by atoms with Crippen molar-refractivity contribution >= 4 is 45.4 Å². The Morgan fingerprint density at radius 1 is 1.06 bits per heavy atom. The van der Waals surface area contributed by atoms with Crippen LogP contribution in [-0.2, 0) is 0 Å². The van der Waals surface area contributed by atoms with Gasteiger partial charge in [-0.25, -0.2) is 4.39 Å². The quantitative estimate of drug-likeness (QED) is 0.442. The van der Waals surface area contributed by atoms with Crippen molar-refractivity contribution in [1.29, 1.82) is 0 Å². The maximum absolute atomic E-state index is 14.3. The molecule has 0 saturated heterocycles. The smallest absolute Gasteiger partial charge is 0.266 e. The molecule has 0 atom stereocenters. The lowest BCUT2D eigenvalue weighted by Gasteiger charge is -2.08. The van der Waals surface area contributed by atoms with E-state index in [-0.39, 0.29) is 11.6 Å². The lowest BCUT2D eigenvalue weighted by atomic mass is 10.2. The van der Waals surface area contributed by atoms with Gasteiger partial charge in [-0.1, -0.05) is 23.7 Å². The maximum atomic E-state index is 14.3. The number of anilines is 2. The molecule has 2 amide bonds. The molecule has 4 rings (SSSR count). The van der Waals surface area contributed by atoms with Crippen LogP contribution in [0.4, 0.5) is 15.1 Å². The summed E-state index contributed by atoms with van der Waals surface area (Å²) in [5.41, 5.74) is 1.50. The highest BCUT2D eigenvalue weighted by molar-refractivity contribution is 7.18. The van der Waals surface area contributed by atoms with E-state index in [0.717, 1.165) is 11.3 Å². The van der Waals surface area contributed by atoms with Gasteiger partial charge < -0.3 is 10.6 Å². The van der Waals surface area contributed by atoms with E-state index in [1.165, 1.54) is 22.9 Å². The van der Waals surface area contributed by atoms with Crippen LogP contribution in [0.25, 0.3) is 5.69 Å². The molecule has 11 heteroatoms. The van der Waals surface area contributed by atoms with Gasteiger partial charge in [-0.15, -0.1) is 16.4 Å². The van der Waals surface area contributed by atoms with E-state index in [9.17, 15) is 14.0 Å². The van der Waals surface area contributed by atoms with Gasteiger partial charge in [-0.3, -0.25) is 9.59 Å². The van der Waals surface area contributed by atoms with Crippen LogP contribution in [-0.4, -0.2) is 32.0 Å². The summed E-state index contributed by atoms with van der Waals surface area (Å²) >= 11 is 7.20. The summed E-state index contributed by atoms with van der Waals surface area (Å²) in [6.45, 7) is 3.40. The van der Waals surface area contributed by atoms with E-state index >= 15 is 0 Å². The Hall–Kier alpha value is -3.63. The summed E-state index contributed by atoms with van der Waals surface area (Å²) in [6, 6.07) is 12.5. The van der Waals surface area contributed by atoms with Crippen LogP contribution in [0.5, 0.6) is 0 Å². The van der Waals surface area contributed by atoms with Gasteiger partial charge in [0.1, 0.15) is 11.5 Å². The Bertz CT molecular complexity index is 1340. The van der Waals surface area contributed by atoms with Crippen LogP contribution in [0.15, 0.2) is 48.5 Å². The molecule has 2 heterocycles. The van der Waals surface area contributed by atoms with Gasteiger partial charge in [0.05, 0.1) is 20.5 Å². The second kappa shape index (κ2) is 8.85. The second-order valence-corrected chi connectivity index (χ2v) is 8.27. The van der Waals surface area contributed by atoms with Gasteiger partial charge in [0.2, 0.25) is 0 Å². The number of carbonyl (C=O) groups excluding carboxylic acids is 2. The molecule has 2 aromatic heterocycles. The lowest BCUT2D eigenvalue weighted by molar-refractivity contribution is 0.102. The third kappa shape index (κ3) is 4.36. The molecule has 0 bridgehead atoms. The Morgan fingerprint density at radius 2 is 1.84 bits per heavy atom. The van der Waals surface area contributed by atoms with Crippen molar-refractivity contribution in [1.82, 2.24) is 20.2 Å². The van der Waals surface area contributed by atoms with E-state index in [1.807, 2.05) is 0 Å². The van der Waals surface area contributed by atoms with Crippen LogP contribution in [0.1, 0.15) is 31.4 Å². The fourth-order valence-electron chi connectivity index (χ4n) is 2.99. The number of benzene rings is 2. The average molecular weight is 471 g/mol. The Morgan fingerprint density at radius 3 is 2.56 bits per heavy atom. The number of carbonyl (C=O) groups is 2. The minimum atomic E-state index is -0.532. The number of thiophene rings is 1. The first-order valence-electron chi connectivity index (χ1n) is 9.36. The fraction of sp³-hybridized carbons (Fsp3) is 0.0952. The first-order chi connectivity index (χ1) is 15.3. The van der Waals surface area contributed by atoms with Gasteiger partial charge in [-0.05, 0) is 66.2 Å². The molecule has 0 spiro atoms. The summed E-state index contributed by atoms with van der Waals surface area (Å²) in [4.78, 5) is 25.7. The molecule has 2 N–H and O–H groups in total. The molecular formula is C21H16ClFN6O2S. The third-order valence-corrected chi connectivity index (χ3v) is 6.02. The first-order valence-corrected chi connectivity index (χ1v) is 10.6. The van der Waals surface area contributed by atoms with E-state index in [1.54, 1.807) is 44.2 Å². The van der Waals surface area contributed by atoms with E-state index in [2.05, 4.69) is 26.2 Å². The van der Waals surface area contributed by atoms with Crippen LogP contribution >= 0.6 is 22.9 Å². The number of nitrogens with zero attached hydrogens (tertiary/aromatic N) is 4. The Balaban J connectivity index is 1.53. The molecule has 0 saturated carbocycles. The predicted octanol–water partition coefficient (Wildman–Crippen LogP) is 4.64. The zero-order valence-corrected chi connectivity index (χ0v) is 18.5. The number of nitrogens with one attached hydrogen (secondary N) is 2. The number of tetrazole rings is 1. The van der Waals surface area contributed by atoms with Gasteiger partial charge >= 0.3 is 0 Å². The van der Waals surface area contributed by atoms with Crippen LogP contribution in [0.3, 0.4) is 0 Å². The monoisotopic (exact) mass is 470 g/mol. The molecule has 0 aliphatic rings. The SMILES string of the molecule is Cc1cc(NC(=O)c2ccccc2Cl)sc1C(=O)Nc1ccc(F)c(-n2nnnc2C)c1. The van der Waals surface area contributed by atoms with Crippen molar-refractivity contribution in [2.45, 2.75) is 13.8 Å². The summed E-state index contributed by atoms with van der Waals surface area (Å²) < 4.78 is 15.5. The van der Waals surface area contributed by atoms with E-state index < -0.39 is 11.7 Å². The Kier molecular flexibility index (Phi) is 5.97. The standard InChI is InChI=1S/C21H16ClFN6O2S/c1-11-9-18(25-20(30)14-5-3-4-6-15(14)22)32-19(11)21(31)24-13-7-8-16(23)17(10-13)29-12(2)26-27-28-29/h3-10H,1-2H3,(H,24,31)(H,25,30). The van der Waals surface area contributed by atoms with Gasteiger partial charge in [0.15, 0.2) is 5.82 Å². The number of hydrogen-bond acceptors (Lipinski definition) is 6. The zero-order valence-electron chi connectivity index (χ0n) is 16.9. The van der Waals surface area contributed by atoms with E-state index in [0.29, 0.717) is 37.5 Å². The number of aryl methyl sites for hydroxylation is 2. The van der Waals surface area contributed by atoms with E-state index in [4.69, 9.17) is 11.6 Å². The van der Waals surface area contributed by atoms with Crippen molar-refractivity contribution in [2.24, 2.45) is 0 Å². The molecule has 8 nitrogen and oxygen atoms in total. The van der Waals surface area contributed by atoms with Crippen LogP contribution < -0.4 is 10.6 Å². The highest BCUT2D eigenvalue weighted by Crippen LogP contribution is 2.29. The second-order valence-electron chi connectivity index (χ2n) is 6.81. The molecule has 2 aromatic carbocycles. The minimum absolute atomic E-state index is 0.112. The molecule has 0 unspecified atom stereocenters. The fourth-order valence-corrected chi connectivity index (χ4v) is 4.17. The molecule has 4 aromatic rings. The van der Waals surface area contributed by atoms with Crippen molar-refractivity contribution in [3.63, 3.8) is 0 Å². The number of halogens is 2. The summed E-state index contributed by atoms with van der Waals surface area (Å²) in [7, 11) is 0. The summed E-state index contributed by atoms with van der Waals surface area (Å²) in [5, 5.41) is 17.4. The van der Waals surface area contributed by atoms with Crippen molar-refractivity contribution in [3.05, 3.63) is 81.2 Å². The molecule has 0 radical (unpaired) electrons. The van der Waals surface area contributed by atoms with Crippen molar-refractivity contribution in [3.8, 4) is 5.69 Å². The number of aromatic nitrogens is 4. The first kappa shape index (κ1) is 21.6. The molecule has 0 fully saturated rings. The maximum Gasteiger partial charge on any atom is 0.266 e. The molecule has 0 aliphatic carbocycles. The van der Waals surface area contributed by atoms with Crippen molar-refractivity contribution in [2.75, 3.05) is 10.6 Å². The molecule has 162 valence electrons. The molecule has 0 aliphatic heterocycles. The summed E-state index contributed by atoms with van der Waals surface area (Å²) in [5.74, 6) is -0.892. The third-order valence-electron chi connectivity index (χ3n) is 4.54. The average Bonchev–Trinajstić information content (AvgIpc) is 3.34. The van der Waals surface area contributed by atoms with Gasteiger partial charge in [0.25, 0.3) is 11.8 Å².